The van der Waals surface area contributed by atoms with Gasteiger partial charge in [-0.2, -0.15) is 0 Å². The lowest BCUT2D eigenvalue weighted by molar-refractivity contribution is -0.870. The maximum absolute atomic E-state index is 12.8. The number of quaternary nitrogens is 1. The molecule has 322 valence electrons. The van der Waals surface area contributed by atoms with E-state index in [1.165, 1.54) is 44.9 Å². The fraction of sp³-hybridized carbons (Fsp3) is 0.681. The molecule has 0 rings (SSSR count). The molecule has 0 radical (unpaired) electrons. The van der Waals surface area contributed by atoms with Gasteiger partial charge in [-0.15, -0.1) is 0 Å². The number of rotatable bonds is 38. The number of phosphoric ester groups is 1. The molecule has 3 atom stereocenters. The molecule has 0 saturated carbocycles. The van der Waals surface area contributed by atoms with Crippen molar-refractivity contribution in [3.8, 4) is 0 Å². The molecule has 0 aliphatic heterocycles. The highest BCUT2D eigenvalue weighted by molar-refractivity contribution is 7.45. The van der Waals surface area contributed by atoms with Crippen molar-refractivity contribution in [1.29, 1.82) is 0 Å². The first-order valence-electron chi connectivity index (χ1n) is 21.9. The van der Waals surface area contributed by atoms with Crippen LogP contribution in [0.15, 0.2) is 85.1 Å². The molecule has 2 N–H and O–H groups in total. The number of allylic oxidation sites excluding steroid dienone is 13. The van der Waals surface area contributed by atoms with Crippen LogP contribution >= 0.6 is 7.82 Å². The van der Waals surface area contributed by atoms with Crippen molar-refractivity contribution < 1.29 is 32.9 Å². The number of amides is 1. The Labute approximate surface area is 344 Å². The number of hydrogen-bond acceptors (Lipinski definition) is 6. The van der Waals surface area contributed by atoms with Gasteiger partial charge in [-0.3, -0.25) is 9.36 Å². The van der Waals surface area contributed by atoms with Gasteiger partial charge < -0.3 is 28.8 Å². The average Bonchev–Trinajstić information content (AvgIpc) is 3.15. The second-order valence-electron chi connectivity index (χ2n) is 15.6. The first-order valence-corrected chi connectivity index (χ1v) is 23.4. The summed E-state index contributed by atoms with van der Waals surface area (Å²) >= 11 is 0. The van der Waals surface area contributed by atoms with Crippen molar-refractivity contribution in [2.75, 3.05) is 40.9 Å². The number of hydrogen-bond donors (Lipinski definition) is 2. The Morgan fingerprint density at radius 1 is 0.643 bits per heavy atom. The lowest BCUT2D eigenvalue weighted by Crippen LogP contribution is -2.45. The van der Waals surface area contributed by atoms with Gasteiger partial charge >= 0.3 is 0 Å². The SMILES string of the molecule is CC/C=C\C/C=C\C/C=C\C/C=C\CCCCCCCCCCC(=O)NC(COP(=O)([O-])OCC[N+](C)(C)C)C(O)/C=C/CC/C=C/CC/C=C/CCCCC. The van der Waals surface area contributed by atoms with Crippen LogP contribution in [0.2, 0.25) is 0 Å². The van der Waals surface area contributed by atoms with Crippen molar-refractivity contribution in [2.45, 2.75) is 167 Å². The molecule has 1 amide bonds. The molecule has 56 heavy (non-hydrogen) atoms. The van der Waals surface area contributed by atoms with Gasteiger partial charge in [0.25, 0.3) is 7.82 Å². The van der Waals surface area contributed by atoms with Gasteiger partial charge in [0, 0.05) is 6.42 Å². The molecule has 0 spiro atoms. The highest BCUT2D eigenvalue weighted by Gasteiger charge is 2.23. The number of carbonyl (C=O) groups excluding carboxylic acids is 1. The van der Waals surface area contributed by atoms with E-state index in [9.17, 15) is 19.4 Å². The normalized spacial score (nSPS) is 15.2. The van der Waals surface area contributed by atoms with Gasteiger partial charge in [0.2, 0.25) is 5.91 Å². The number of carbonyl (C=O) groups is 1. The molecular formula is C47H83N2O6P. The van der Waals surface area contributed by atoms with Crippen LogP contribution in [-0.4, -0.2) is 68.5 Å². The molecule has 0 bridgehead atoms. The number of nitrogens with zero attached hydrogens (tertiary/aromatic N) is 1. The molecule has 0 fully saturated rings. The number of unbranched alkanes of at least 4 members (excludes halogenated alkanes) is 13. The summed E-state index contributed by atoms with van der Waals surface area (Å²) in [4.78, 5) is 25.3. The van der Waals surface area contributed by atoms with Gasteiger partial charge in [-0.1, -0.05) is 150 Å². The highest BCUT2D eigenvalue weighted by atomic mass is 31.2. The summed E-state index contributed by atoms with van der Waals surface area (Å²) in [5.41, 5.74) is 0. The predicted octanol–water partition coefficient (Wildman–Crippen LogP) is 11.6. The van der Waals surface area contributed by atoms with Crippen molar-refractivity contribution >= 4 is 13.7 Å². The smallest absolute Gasteiger partial charge is 0.268 e. The quantitative estimate of drug-likeness (QED) is 0.0279. The number of nitrogens with one attached hydrogen (secondary N) is 1. The number of likely N-dealkylation sites (N-methyl/N-ethyl adjacent to an activating group) is 1. The van der Waals surface area contributed by atoms with E-state index in [2.05, 4.69) is 92.1 Å². The summed E-state index contributed by atoms with van der Waals surface area (Å²) in [5, 5.41) is 13.7. The van der Waals surface area contributed by atoms with Crippen molar-refractivity contribution in [2.24, 2.45) is 0 Å². The Bertz CT molecular complexity index is 1180. The zero-order chi connectivity index (χ0) is 41.4. The summed E-state index contributed by atoms with van der Waals surface area (Å²) in [5.74, 6) is -0.226. The average molecular weight is 803 g/mol. The lowest BCUT2D eigenvalue weighted by Gasteiger charge is -2.29. The minimum Gasteiger partial charge on any atom is -0.756 e. The zero-order valence-corrected chi connectivity index (χ0v) is 37.2. The maximum Gasteiger partial charge on any atom is 0.268 e. The maximum atomic E-state index is 12.8. The summed E-state index contributed by atoms with van der Waals surface area (Å²) in [6.07, 6.45) is 52.0. The van der Waals surface area contributed by atoms with E-state index < -0.39 is 26.6 Å². The fourth-order valence-electron chi connectivity index (χ4n) is 5.58. The molecule has 0 saturated heterocycles. The van der Waals surface area contributed by atoms with Gasteiger partial charge in [0.05, 0.1) is 39.9 Å². The van der Waals surface area contributed by atoms with Gasteiger partial charge in [-0.05, 0) is 83.5 Å². The molecule has 0 aromatic carbocycles. The van der Waals surface area contributed by atoms with Crippen LogP contribution < -0.4 is 10.2 Å². The lowest BCUT2D eigenvalue weighted by atomic mass is 10.1. The van der Waals surface area contributed by atoms with Crippen LogP contribution in [0.5, 0.6) is 0 Å². The van der Waals surface area contributed by atoms with Crippen LogP contribution in [0.25, 0.3) is 0 Å². The first kappa shape index (κ1) is 53.7. The molecule has 3 unspecified atom stereocenters. The second kappa shape index (κ2) is 38.2. The molecular weight excluding hydrogens is 719 g/mol. The second-order valence-corrected chi connectivity index (χ2v) is 17.1. The van der Waals surface area contributed by atoms with Gasteiger partial charge in [0.1, 0.15) is 13.2 Å². The Morgan fingerprint density at radius 3 is 1.66 bits per heavy atom. The van der Waals surface area contributed by atoms with Crippen molar-refractivity contribution in [3.05, 3.63) is 85.1 Å². The number of aliphatic hydroxyl groups excluding tert-OH is 1. The zero-order valence-electron chi connectivity index (χ0n) is 36.3. The van der Waals surface area contributed by atoms with E-state index in [0.717, 1.165) is 89.9 Å². The standard InChI is InChI=1S/C47H83N2O6P/c1-6-8-10-12-14-16-18-20-21-22-23-24-25-26-27-29-31-33-35-37-39-41-47(51)48-45(44-55-56(52,53)54-43-42-49(3,4)5)46(50)40-38-36-34-32-30-28-19-17-15-13-11-9-7-2/h8,10,14-17,20-21,23-24,30,32,38,40,45-46,50H,6-7,9,11-13,18-19,22,25-29,31,33-37,39,41-44H2,1-5H3,(H-,48,51,52,53)/b10-8-,16-14-,17-15+,21-20-,24-23-,32-30+,40-38+. The summed E-state index contributed by atoms with van der Waals surface area (Å²) < 4.78 is 23.1. The Morgan fingerprint density at radius 2 is 1.11 bits per heavy atom. The molecule has 0 aliphatic rings. The third-order valence-electron chi connectivity index (χ3n) is 9.07. The van der Waals surface area contributed by atoms with E-state index in [1.807, 2.05) is 27.2 Å². The Hall–Kier alpha value is -2.32. The Balaban J connectivity index is 4.46. The minimum absolute atomic E-state index is 0.0153. The van der Waals surface area contributed by atoms with Crippen LogP contribution in [0.3, 0.4) is 0 Å². The molecule has 8 nitrogen and oxygen atoms in total. The van der Waals surface area contributed by atoms with Crippen molar-refractivity contribution in [3.63, 3.8) is 0 Å². The van der Waals surface area contributed by atoms with E-state index in [-0.39, 0.29) is 12.5 Å². The predicted molar refractivity (Wildman–Crippen MR) is 237 cm³/mol. The summed E-state index contributed by atoms with van der Waals surface area (Å²) in [6.45, 7) is 4.43. The third-order valence-corrected chi connectivity index (χ3v) is 10.0. The Kier molecular flexibility index (Phi) is 36.6. The van der Waals surface area contributed by atoms with Gasteiger partial charge in [-0.25, -0.2) is 0 Å². The molecule has 0 aromatic heterocycles. The monoisotopic (exact) mass is 803 g/mol. The molecule has 0 heterocycles. The van der Waals surface area contributed by atoms with E-state index in [4.69, 9.17) is 9.05 Å². The highest BCUT2D eigenvalue weighted by Crippen LogP contribution is 2.38. The van der Waals surface area contributed by atoms with E-state index in [1.54, 1.807) is 6.08 Å². The molecule has 9 heteroatoms. The van der Waals surface area contributed by atoms with E-state index in [0.29, 0.717) is 17.4 Å². The summed E-state index contributed by atoms with van der Waals surface area (Å²) in [6, 6.07) is -0.917. The topological polar surface area (TPSA) is 108 Å². The number of phosphoric acid groups is 1. The minimum atomic E-state index is -4.60. The fourth-order valence-corrected chi connectivity index (χ4v) is 6.31. The van der Waals surface area contributed by atoms with E-state index >= 15 is 0 Å². The molecule has 0 aliphatic carbocycles. The first-order chi connectivity index (χ1) is 27.0. The summed E-state index contributed by atoms with van der Waals surface area (Å²) in [7, 11) is 1.21. The largest absolute Gasteiger partial charge is 0.756 e. The third kappa shape index (κ3) is 39.9. The van der Waals surface area contributed by atoms with Crippen molar-refractivity contribution in [1.82, 2.24) is 5.32 Å². The van der Waals surface area contributed by atoms with Crippen LogP contribution in [0.4, 0.5) is 0 Å². The molecule has 0 aromatic rings. The van der Waals surface area contributed by atoms with Crippen LogP contribution in [0, 0.1) is 0 Å². The number of aliphatic hydroxyl groups is 1. The van der Waals surface area contributed by atoms with Crippen LogP contribution in [0.1, 0.15) is 155 Å². The van der Waals surface area contributed by atoms with Gasteiger partial charge in [0.15, 0.2) is 0 Å². The van der Waals surface area contributed by atoms with Crippen LogP contribution in [-0.2, 0) is 18.4 Å².